The molecule has 1 rings (SSSR count). The minimum Gasteiger partial charge on any atom is -0.424 e. The smallest absolute Gasteiger partial charge is 0.296 e. The number of rotatable bonds is 2. The highest BCUT2D eigenvalue weighted by Gasteiger charge is 2.13. The summed E-state index contributed by atoms with van der Waals surface area (Å²) in [5.74, 6) is 0. The second-order valence-electron chi connectivity index (χ2n) is 1.39. The van der Waals surface area contributed by atoms with Crippen LogP contribution >= 0.6 is 0 Å². The topological polar surface area (TPSA) is 47.6 Å². The summed E-state index contributed by atoms with van der Waals surface area (Å²) in [5, 5.41) is 2.78. The molecule has 1 aliphatic rings. The van der Waals surface area contributed by atoms with E-state index in [1.807, 2.05) is 0 Å². The molecule has 1 atom stereocenters. The van der Waals surface area contributed by atoms with E-state index in [0.717, 1.165) is 6.54 Å². The van der Waals surface area contributed by atoms with Crippen molar-refractivity contribution in [3.05, 3.63) is 0 Å². The van der Waals surface area contributed by atoms with Crippen molar-refractivity contribution in [2.45, 2.75) is 6.41 Å². The summed E-state index contributed by atoms with van der Waals surface area (Å²) in [6.45, 7) is 1.72. The van der Waals surface area contributed by atoms with E-state index in [0.29, 0.717) is 13.1 Å². The Morgan fingerprint density at radius 2 is 2.75 bits per heavy atom. The van der Waals surface area contributed by atoms with Crippen molar-refractivity contribution in [3.8, 4) is 0 Å². The second kappa shape index (κ2) is 2.64. The van der Waals surface area contributed by atoms with Crippen LogP contribution in [0.1, 0.15) is 0 Å². The molecule has 1 heterocycles. The van der Waals surface area contributed by atoms with Crippen molar-refractivity contribution in [2.75, 3.05) is 13.2 Å². The minimum absolute atomic E-state index is 0.364. The zero-order chi connectivity index (χ0) is 5.82. The normalized spacial score (nSPS) is 27.8. The molecule has 0 spiro atoms. The maximum absolute atomic E-state index is 9.62. The number of carbonyl (C=O) groups excluding carboxylic acids is 1. The van der Waals surface area contributed by atoms with E-state index in [4.69, 9.17) is 4.74 Å². The molecule has 0 radical (unpaired) electrons. The Morgan fingerprint density at radius 3 is 3.25 bits per heavy atom. The number of hydrogen-bond acceptors (Lipinski definition) is 4. The predicted molar refractivity (Wildman–Crippen MR) is 24.9 cm³/mol. The van der Waals surface area contributed by atoms with Crippen LogP contribution in [0, 0.1) is 0 Å². The lowest BCUT2D eigenvalue weighted by Gasteiger charge is -2.04. The molecule has 1 fully saturated rings. The van der Waals surface area contributed by atoms with Gasteiger partial charge >= 0.3 is 0 Å². The fourth-order valence-electron chi connectivity index (χ4n) is 0.540. The van der Waals surface area contributed by atoms with Gasteiger partial charge in [-0.3, -0.25) is 10.1 Å². The minimum atomic E-state index is -0.507. The maximum atomic E-state index is 9.62. The maximum Gasteiger partial charge on any atom is 0.296 e. The van der Waals surface area contributed by atoms with Gasteiger partial charge in [-0.25, -0.2) is 0 Å². The van der Waals surface area contributed by atoms with Crippen molar-refractivity contribution in [2.24, 2.45) is 0 Å². The average molecular weight is 117 g/mol. The van der Waals surface area contributed by atoms with Crippen LogP contribution in [0.5, 0.6) is 0 Å². The number of nitrogens with one attached hydrogen (secondary N) is 1. The van der Waals surface area contributed by atoms with Crippen LogP contribution in [0.4, 0.5) is 0 Å². The first-order valence-electron chi connectivity index (χ1n) is 2.37. The van der Waals surface area contributed by atoms with Crippen molar-refractivity contribution < 1.29 is 14.3 Å². The molecule has 0 amide bonds. The Hall–Kier alpha value is -0.610. The van der Waals surface area contributed by atoms with Crippen molar-refractivity contribution in [1.29, 1.82) is 0 Å². The third-order valence-corrected chi connectivity index (χ3v) is 0.861. The lowest BCUT2D eigenvalue weighted by atomic mass is 10.7. The molecule has 1 saturated heterocycles. The van der Waals surface area contributed by atoms with E-state index < -0.39 is 6.41 Å². The molecular formula is C4H7NO3. The van der Waals surface area contributed by atoms with Gasteiger partial charge < -0.3 is 9.47 Å². The van der Waals surface area contributed by atoms with Gasteiger partial charge in [0.05, 0.1) is 6.61 Å². The van der Waals surface area contributed by atoms with Crippen LogP contribution in [0.25, 0.3) is 0 Å². The monoisotopic (exact) mass is 117 g/mol. The van der Waals surface area contributed by atoms with E-state index in [1.165, 1.54) is 0 Å². The molecule has 0 bridgehead atoms. The summed E-state index contributed by atoms with van der Waals surface area (Å²) in [4.78, 5) is 9.62. The molecule has 8 heavy (non-hydrogen) atoms. The molecule has 46 valence electrons. The van der Waals surface area contributed by atoms with Gasteiger partial charge in [-0.1, -0.05) is 0 Å². The van der Waals surface area contributed by atoms with Gasteiger partial charge in [-0.2, -0.15) is 0 Å². The lowest BCUT2D eigenvalue weighted by molar-refractivity contribution is -0.157. The molecule has 0 aromatic rings. The third kappa shape index (κ3) is 1.18. The van der Waals surface area contributed by atoms with Gasteiger partial charge in [0, 0.05) is 6.54 Å². The molecule has 0 unspecified atom stereocenters. The zero-order valence-corrected chi connectivity index (χ0v) is 4.29. The van der Waals surface area contributed by atoms with Gasteiger partial charge in [0.25, 0.3) is 12.9 Å². The van der Waals surface area contributed by atoms with E-state index in [2.05, 4.69) is 10.1 Å². The summed E-state index contributed by atoms with van der Waals surface area (Å²) in [6, 6.07) is 0. The van der Waals surface area contributed by atoms with Crippen LogP contribution in [-0.4, -0.2) is 26.0 Å². The van der Waals surface area contributed by atoms with E-state index in [1.54, 1.807) is 0 Å². The molecule has 4 heteroatoms. The van der Waals surface area contributed by atoms with Crippen LogP contribution in [-0.2, 0) is 14.3 Å². The third-order valence-electron chi connectivity index (χ3n) is 0.861. The Labute approximate surface area is 46.8 Å². The first-order chi connectivity index (χ1) is 3.93. The number of ether oxygens (including phenoxy) is 2. The molecule has 0 aromatic heterocycles. The van der Waals surface area contributed by atoms with Crippen LogP contribution in [0.15, 0.2) is 0 Å². The van der Waals surface area contributed by atoms with Gasteiger partial charge in [-0.05, 0) is 0 Å². The van der Waals surface area contributed by atoms with Crippen LogP contribution in [0.3, 0.4) is 0 Å². The molecule has 0 aromatic carbocycles. The molecular weight excluding hydrogens is 110 g/mol. The average Bonchev–Trinajstić information content (AvgIpc) is 2.19. The molecule has 0 saturated carbocycles. The summed E-state index contributed by atoms with van der Waals surface area (Å²) in [6.07, 6.45) is -0.507. The Kier molecular flexibility index (Phi) is 1.82. The largest absolute Gasteiger partial charge is 0.424 e. The van der Waals surface area contributed by atoms with Gasteiger partial charge in [0.2, 0.25) is 0 Å². The van der Waals surface area contributed by atoms with E-state index in [9.17, 15) is 4.79 Å². The Morgan fingerprint density at radius 1 is 1.88 bits per heavy atom. The molecule has 1 N–H and O–H groups in total. The SMILES string of the molecule is O=CO[C@H]1NCCO1. The van der Waals surface area contributed by atoms with Crippen LogP contribution < -0.4 is 5.32 Å². The second-order valence-corrected chi connectivity index (χ2v) is 1.39. The van der Waals surface area contributed by atoms with Crippen molar-refractivity contribution >= 4 is 6.47 Å². The zero-order valence-electron chi connectivity index (χ0n) is 4.29. The summed E-state index contributed by atoms with van der Waals surface area (Å²) >= 11 is 0. The highest BCUT2D eigenvalue weighted by atomic mass is 16.7. The van der Waals surface area contributed by atoms with E-state index in [-0.39, 0.29) is 0 Å². The summed E-state index contributed by atoms with van der Waals surface area (Å²) in [5.41, 5.74) is 0. The molecule has 4 nitrogen and oxygen atoms in total. The highest BCUT2D eigenvalue weighted by molar-refractivity contribution is 5.37. The number of hydrogen-bond donors (Lipinski definition) is 1. The molecule has 1 aliphatic heterocycles. The fraction of sp³-hybridized carbons (Fsp3) is 0.750. The van der Waals surface area contributed by atoms with Crippen molar-refractivity contribution in [1.82, 2.24) is 5.32 Å². The fourth-order valence-corrected chi connectivity index (χ4v) is 0.540. The number of carbonyl (C=O) groups is 1. The Bertz CT molecular complexity index is 79.4. The lowest BCUT2D eigenvalue weighted by Crippen LogP contribution is -2.24. The molecule has 0 aliphatic carbocycles. The first kappa shape index (κ1) is 5.53. The quantitative estimate of drug-likeness (QED) is 0.474. The van der Waals surface area contributed by atoms with Gasteiger partial charge in [0.1, 0.15) is 0 Å². The summed E-state index contributed by atoms with van der Waals surface area (Å²) < 4.78 is 9.22. The Balaban J connectivity index is 2.14. The predicted octanol–water partition coefficient (Wildman–Crippen LogP) is -0.937. The highest BCUT2D eigenvalue weighted by Crippen LogP contribution is 1.93. The first-order valence-corrected chi connectivity index (χ1v) is 2.37. The van der Waals surface area contributed by atoms with Crippen molar-refractivity contribution in [3.63, 3.8) is 0 Å². The summed E-state index contributed by atoms with van der Waals surface area (Å²) in [7, 11) is 0. The van der Waals surface area contributed by atoms with Gasteiger partial charge in [0.15, 0.2) is 0 Å². The van der Waals surface area contributed by atoms with Crippen LogP contribution in [0.2, 0.25) is 0 Å². The van der Waals surface area contributed by atoms with E-state index >= 15 is 0 Å². The van der Waals surface area contributed by atoms with Gasteiger partial charge in [-0.15, -0.1) is 0 Å². The standard InChI is InChI=1S/C4H7NO3/c6-3-8-4-5-1-2-7-4/h3-5H,1-2H2/t4-/m0/s1.